The Bertz CT molecular complexity index is 634. The van der Waals surface area contributed by atoms with Crippen LogP contribution in [0.3, 0.4) is 0 Å². The van der Waals surface area contributed by atoms with Crippen LogP contribution in [0, 0.1) is 0 Å². The molecule has 5 nitrogen and oxygen atoms in total. The minimum absolute atomic E-state index is 0.0671. The normalized spacial score (nSPS) is 12.7. The van der Waals surface area contributed by atoms with E-state index in [4.69, 9.17) is 0 Å². The number of urea groups is 1. The molecule has 0 radical (unpaired) electrons. The second-order valence-corrected chi connectivity index (χ2v) is 7.45. The average molecular weight is 332 g/mol. The lowest BCUT2D eigenvalue weighted by Gasteiger charge is -2.14. The van der Waals surface area contributed by atoms with E-state index in [0.717, 1.165) is 22.8 Å². The van der Waals surface area contributed by atoms with E-state index in [2.05, 4.69) is 46.8 Å². The van der Waals surface area contributed by atoms with Gasteiger partial charge in [-0.25, -0.2) is 9.78 Å². The quantitative estimate of drug-likeness (QED) is 0.881. The van der Waals surface area contributed by atoms with Crippen molar-refractivity contribution in [2.75, 3.05) is 6.54 Å². The van der Waals surface area contributed by atoms with Crippen LogP contribution in [-0.2, 0) is 11.8 Å². The predicted molar refractivity (Wildman–Crippen MR) is 93.7 cm³/mol. The second-order valence-electron chi connectivity index (χ2n) is 6.50. The van der Waals surface area contributed by atoms with Crippen molar-refractivity contribution < 1.29 is 4.79 Å². The maximum atomic E-state index is 11.9. The van der Waals surface area contributed by atoms with Crippen molar-refractivity contribution in [3.05, 3.63) is 46.2 Å². The van der Waals surface area contributed by atoms with Gasteiger partial charge in [-0.3, -0.25) is 4.98 Å². The molecular weight excluding hydrogens is 308 g/mol. The van der Waals surface area contributed by atoms with Crippen molar-refractivity contribution in [1.82, 2.24) is 20.6 Å². The minimum Gasteiger partial charge on any atom is -0.338 e. The van der Waals surface area contributed by atoms with Crippen LogP contribution in [0.25, 0.3) is 0 Å². The summed E-state index contributed by atoms with van der Waals surface area (Å²) in [4.78, 5) is 20.8. The zero-order valence-corrected chi connectivity index (χ0v) is 14.9. The summed E-state index contributed by atoms with van der Waals surface area (Å²) in [5.41, 5.74) is 2.01. The Balaban J connectivity index is 1.76. The number of rotatable bonds is 5. The summed E-state index contributed by atoms with van der Waals surface area (Å²) >= 11 is 1.65. The average Bonchev–Trinajstić information content (AvgIpc) is 2.97. The number of amides is 2. The van der Waals surface area contributed by atoms with Gasteiger partial charge in [0.05, 0.1) is 22.4 Å². The molecule has 23 heavy (non-hydrogen) atoms. The zero-order valence-electron chi connectivity index (χ0n) is 14.1. The first-order valence-electron chi connectivity index (χ1n) is 7.76. The van der Waals surface area contributed by atoms with Gasteiger partial charge in [-0.2, -0.15) is 0 Å². The van der Waals surface area contributed by atoms with Crippen molar-refractivity contribution in [3.8, 4) is 0 Å². The highest BCUT2D eigenvalue weighted by atomic mass is 32.1. The third-order valence-corrected chi connectivity index (χ3v) is 4.33. The SMILES string of the molecule is C[C@@H](NC(=O)NCCc1nc(C(C)(C)C)cs1)c1ccccn1. The van der Waals surface area contributed by atoms with Crippen LogP contribution in [0.2, 0.25) is 0 Å². The highest BCUT2D eigenvalue weighted by Crippen LogP contribution is 2.23. The molecule has 2 N–H and O–H groups in total. The van der Waals surface area contributed by atoms with Gasteiger partial charge in [0, 0.05) is 30.0 Å². The molecule has 124 valence electrons. The number of carbonyl (C=O) groups excluding carboxylic acids is 1. The van der Waals surface area contributed by atoms with Gasteiger partial charge in [-0.1, -0.05) is 26.8 Å². The van der Waals surface area contributed by atoms with E-state index in [0.29, 0.717) is 6.54 Å². The molecule has 0 saturated carbocycles. The Hall–Kier alpha value is -1.95. The molecule has 0 aliphatic rings. The molecule has 1 atom stereocenters. The van der Waals surface area contributed by atoms with E-state index in [1.807, 2.05) is 25.1 Å². The van der Waals surface area contributed by atoms with Crippen LogP contribution in [0.15, 0.2) is 29.8 Å². The molecule has 2 aromatic rings. The largest absolute Gasteiger partial charge is 0.338 e. The van der Waals surface area contributed by atoms with Gasteiger partial charge in [-0.15, -0.1) is 11.3 Å². The summed E-state index contributed by atoms with van der Waals surface area (Å²) in [6.45, 7) is 8.93. The molecule has 2 aromatic heterocycles. The second kappa shape index (κ2) is 7.55. The fourth-order valence-electron chi connectivity index (χ4n) is 2.01. The van der Waals surface area contributed by atoms with Gasteiger partial charge in [0.25, 0.3) is 0 Å². The molecule has 0 unspecified atom stereocenters. The lowest BCUT2D eigenvalue weighted by Crippen LogP contribution is -2.38. The zero-order chi connectivity index (χ0) is 16.9. The number of hydrogen-bond donors (Lipinski definition) is 2. The summed E-state index contributed by atoms with van der Waals surface area (Å²) in [5, 5.41) is 8.90. The van der Waals surface area contributed by atoms with E-state index < -0.39 is 0 Å². The molecule has 2 heterocycles. The standard InChI is InChI=1S/C17H24N4OS/c1-12(13-7-5-6-9-18-13)20-16(22)19-10-8-15-21-14(11-23-15)17(2,3)4/h5-7,9,11-12H,8,10H2,1-4H3,(H2,19,20,22)/t12-/m1/s1. The molecule has 2 rings (SSSR count). The summed E-state index contributed by atoms with van der Waals surface area (Å²) in [7, 11) is 0. The smallest absolute Gasteiger partial charge is 0.315 e. The Morgan fingerprint density at radius 2 is 2.13 bits per heavy atom. The van der Waals surface area contributed by atoms with Gasteiger partial charge < -0.3 is 10.6 Å². The number of nitrogens with zero attached hydrogens (tertiary/aromatic N) is 2. The Morgan fingerprint density at radius 1 is 1.35 bits per heavy atom. The van der Waals surface area contributed by atoms with Gasteiger partial charge in [0.1, 0.15) is 0 Å². The van der Waals surface area contributed by atoms with Gasteiger partial charge in [0.15, 0.2) is 0 Å². The van der Waals surface area contributed by atoms with Crippen molar-refractivity contribution >= 4 is 17.4 Å². The predicted octanol–water partition coefficient (Wildman–Crippen LogP) is 3.44. The highest BCUT2D eigenvalue weighted by Gasteiger charge is 2.17. The number of aromatic nitrogens is 2. The lowest BCUT2D eigenvalue weighted by atomic mass is 9.93. The topological polar surface area (TPSA) is 66.9 Å². The summed E-state index contributed by atoms with van der Waals surface area (Å²) in [6, 6.07) is 5.36. The first kappa shape index (κ1) is 17.4. The molecule has 0 spiro atoms. The molecule has 0 bridgehead atoms. The first-order valence-corrected chi connectivity index (χ1v) is 8.64. The first-order chi connectivity index (χ1) is 10.9. The van der Waals surface area contributed by atoms with Crippen LogP contribution in [0.5, 0.6) is 0 Å². The Kier molecular flexibility index (Phi) is 5.71. The number of pyridine rings is 1. The summed E-state index contributed by atoms with van der Waals surface area (Å²) in [5.74, 6) is 0. The Morgan fingerprint density at radius 3 is 2.74 bits per heavy atom. The molecule has 0 aromatic carbocycles. The lowest BCUT2D eigenvalue weighted by molar-refractivity contribution is 0.238. The maximum Gasteiger partial charge on any atom is 0.315 e. The van der Waals surface area contributed by atoms with Crippen LogP contribution in [0.4, 0.5) is 4.79 Å². The maximum absolute atomic E-state index is 11.9. The van der Waals surface area contributed by atoms with Gasteiger partial charge >= 0.3 is 6.03 Å². The van der Waals surface area contributed by atoms with Crippen molar-refractivity contribution in [2.24, 2.45) is 0 Å². The minimum atomic E-state index is -0.184. The molecule has 6 heteroatoms. The van der Waals surface area contributed by atoms with Crippen molar-refractivity contribution in [3.63, 3.8) is 0 Å². The van der Waals surface area contributed by atoms with Crippen molar-refractivity contribution in [1.29, 1.82) is 0 Å². The van der Waals surface area contributed by atoms with Crippen LogP contribution in [-0.4, -0.2) is 22.5 Å². The molecule has 0 saturated heterocycles. The summed E-state index contributed by atoms with van der Waals surface area (Å²) in [6.07, 6.45) is 2.47. The van der Waals surface area contributed by atoms with Crippen LogP contribution >= 0.6 is 11.3 Å². The number of carbonyl (C=O) groups is 1. The number of nitrogens with one attached hydrogen (secondary N) is 2. The molecule has 0 fully saturated rings. The van der Waals surface area contributed by atoms with Crippen LogP contribution in [0.1, 0.15) is 50.1 Å². The highest BCUT2D eigenvalue weighted by molar-refractivity contribution is 7.09. The van der Waals surface area contributed by atoms with Gasteiger partial charge in [-0.05, 0) is 19.1 Å². The Labute approximate surface area is 141 Å². The summed E-state index contributed by atoms with van der Waals surface area (Å²) < 4.78 is 0. The third kappa shape index (κ3) is 5.32. The van der Waals surface area contributed by atoms with E-state index >= 15 is 0 Å². The fourth-order valence-corrected chi connectivity index (χ4v) is 3.03. The van der Waals surface area contributed by atoms with E-state index in [1.54, 1.807) is 17.5 Å². The van der Waals surface area contributed by atoms with Crippen molar-refractivity contribution in [2.45, 2.75) is 45.6 Å². The van der Waals surface area contributed by atoms with Gasteiger partial charge in [0.2, 0.25) is 0 Å². The molecule has 2 amide bonds. The van der Waals surface area contributed by atoms with E-state index in [1.165, 1.54) is 0 Å². The van der Waals surface area contributed by atoms with Crippen LogP contribution < -0.4 is 10.6 Å². The molecular formula is C17H24N4OS. The monoisotopic (exact) mass is 332 g/mol. The van der Waals surface area contributed by atoms with E-state index in [9.17, 15) is 4.79 Å². The number of hydrogen-bond acceptors (Lipinski definition) is 4. The third-order valence-electron chi connectivity index (χ3n) is 3.42. The van der Waals surface area contributed by atoms with E-state index in [-0.39, 0.29) is 17.5 Å². The fraction of sp³-hybridized carbons (Fsp3) is 0.471. The molecule has 0 aliphatic heterocycles. The molecule has 0 aliphatic carbocycles. The number of thiazole rings is 1.